The molecule has 58 valence electrons. The van der Waals surface area contributed by atoms with Crippen LogP contribution < -0.4 is 11.1 Å². The van der Waals surface area contributed by atoms with Gasteiger partial charge in [-0.2, -0.15) is 0 Å². The highest BCUT2D eigenvalue weighted by Gasteiger charge is 2.37. The number of hydrogen-bond donors (Lipinski definition) is 3. The lowest BCUT2D eigenvalue weighted by molar-refractivity contribution is 0.158. The van der Waals surface area contributed by atoms with Crippen molar-refractivity contribution < 1.29 is 9.90 Å². The molecule has 0 spiro atoms. The van der Waals surface area contributed by atoms with Crippen molar-refractivity contribution in [2.45, 2.75) is 31.3 Å². The monoisotopic (exact) mass is 144 g/mol. The number of nitrogens with two attached hydrogens (primary N) is 1. The van der Waals surface area contributed by atoms with Gasteiger partial charge in [0.25, 0.3) is 0 Å². The maximum atomic E-state index is 10.1. The molecule has 1 aliphatic rings. The lowest BCUT2D eigenvalue weighted by Crippen LogP contribution is -2.58. The van der Waals surface area contributed by atoms with Crippen molar-refractivity contribution in [3.05, 3.63) is 0 Å². The molecule has 0 aromatic carbocycles. The molecule has 1 rings (SSSR count). The second-order valence-corrected chi connectivity index (χ2v) is 3.21. The first-order chi connectivity index (χ1) is 4.49. The molecule has 4 N–H and O–H groups in total. The molecule has 0 aliphatic heterocycles. The van der Waals surface area contributed by atoms with Crippen LogP contribution in [0, 0.1) is 0 Å². The van der Waals surface area contributed by atoms with E-state index in [9.17, 15) is 4.79 Å². The standard InChI is InChI=1S/C6H12N2O2/c1-6(7)2-4(3-6)8-5(9)10/h4,8H,2-3,7H2,1H3,(H,9,10)/t4-,6+. The minimum absolute atomic E-state index is 0.0764. The highest BCUT2D eigenvalue weighted by molar-refractivity contribution is 5.65. The first kappa shape index (κ1) is 7.34. The van der Waals surface area contributed by atoms with E-state index in [1.807, 2.05) is 6.92 Å². The molecular formula is C6H12N2O2. The molecule has 4 heteroatoms. The number of nitrogens with one attached hydrogen (secondary N) is 1. The third-order valence-electron chi connectivity index (χ3n) is 1.75. The Balaban J connectivity index is 2.21. The fourth-order valence-corrected chi connectivity index (χ4v) is 1.34. The molecule has 4 nitrogen and oxygen atoms in total. The van der Waals surface area contributed by atoms with E-state index in [0.717, 1.165) is 12.8 Å². The lowest BCUT2D eigenvalue weighted by atomic mass is 9.75. The van der Waals surface area contributed by atoms with Crippen LogP contribution in [0.2, 0.25) is 0 Å². The van der Waals surface area contributed by atoms with Gasteiger partial charge in [0.15, 0.2) is 0 Å². The summed E-state index contributed by atoms with van der Waals surface area (Å²) >= 11 is 0. The molecule has 0 aromatic rings. The summed E-state index contributed by atoms with van der Waals surface area (Å²) in [7, 11) is 0. The van der Waals surface area contributed by atoms with Crippen molar-refractivity contribution in [3.63, 3.8) is 0 Å². The number of hydrogen-bond acceptors (Lipinski definition) is 2. The molecule has 0 atom stereocenters. The number of carboxylic acid groups (broad SMARTS) is 1. The fraction of sp³-hybridized carbons (Fsp3) is 0.833. The van der Waals surface area contributed by atoms with E-state index < -0.39 is 6.09 Å². The zero-order valence-corrected chi connectivity index (χ0v) is 5.92. The number of carbonyl (C=O) groups is 1. The number of amides is 1. The Bertz CT molecular complexity index is 148. The summed E-state index contributed by atoms with van der Waals surface area (Å²) < 4.78 is 0. The second kappa shape index (κ2) is 2.12. The summed E-state index contributed by atoms with van der Waals surface area (Å²) in [4.78, 5) is 10.1. The third-order valence-corrected chi connectivity index (χ3v) is 1.75. The van der Waals surface area contributed by atoms with Gasteiger partial charge in [-0.05, 0) is 19.8 Å². The third kappa shape index (κ3) is 1.60. The van der Waals surface area contributed by atoms with Crippen molar-refractivity contribution in [3.8, 4) is 0 Å². The summed E-state index contributed by atoms with van der Waals surface area (Å²) in [6, 6.07) is 0.0764. The summed E-state index contributed by atoms with van der Waals surface area (Å²) in [6.07, 6.45) is 0.541. The van der Waals surface area contributed by atoms with E-state index >= 15 is 0 Å². The van der Waals surface area contributed by atoms with Crippen LogP contribution >= 0.6 is 0 Å². The van der Waals surface area contributed by atoms with E-state index in [1.54, 1.807) is 0 Å². The van der Waals surface area contributed by atoms with Crippen molar-refractivity contribution in [1.29, 1.82) is 0 Å². The summed E-state index contributed by atoms with van der Waals surface area (Å²) in [6.45, 7) is 1.92. The van der Waals surface area contributed by atoms with Gasteiger partial charge in [0.05, 0.1) is 0 Å². The molecule has 1 amide bonds. The van der Waals surface area contributed by atoms with E-state index in [4.69, 9.17) is 10.8 Å². The van der Waals surface area contributed by atoms with Crippen LogP contribution in [0.15, 0.2) is 0 Å². The van der Waals surface area contributed by atoms with Crippen LogP contribution in [-0.2, 0) is 0 Å². The average molecular weight is 144 g/mol. The molecule has 0 bridgehead atoms. The molecule has 0 unspecified atom stereocenters. The maximum Gasteiger partial charge on any atom is 0.404 e. The van der Waals surface area contributed by atoms with Crippen molar-refractivity contribution in [2.24, 2.45) is 5.73 Å². The van der Waals surface area contributed by atoms with Crippen molar-refractivity contribution in [1.82, 2.24) is 5.32 Å². The van der Waals surface area contributed by atoms with Gasteiger partial charge >= 0.3 is 6.09 Å². The van der Waals surface area contributed by atoms with Gasteiger partial charge in [0, 0.05) is 11.6 Å². The van der Waals surface area contributed by atoms with Crippen LogP contribution in [0.25, 0.3) is 0 Å². The Labute approximate surface area is 59.4 Å². The minimum atomic E-state index is -0.958. The van der Waals surface area contributed by atoms with Crippen LogP contribution in [0.1, 0.15) is 19.8 Å². The zero-order valence-electron chi connectivity index (χ0n) is 5.92. The lowest BCUT2D eigenvalue weighted by Gasteiger charge is -2.41. The summed E-state index contributed by atoms with van der Waals surface area (Å²) in [5.74, 6) is 0. The van der Waals surface area contributed by atoms with E-state index in [0.29, 0.717) is 0 Å². The Morgan fingerprint density at radius 2 is 2.30 bits per heavy atom. The van der Waals surface area contributed by atoms with Gasteiger partial charge in [-0.25, -0.2) is 4.79 Å². The summed E-state index contributed by atoms with van der Waals surface area (Å²) in [5.41, 5.74) is 5.51. The van der Waals surface area contributed by atoms with Crippen molar-refractivity contribution >= 4 is 6.09 Å². The van der Waals surface area contributed by atoms with E-state index in [-0.39, 0.29) is 11.6 Å². The fourth-order valence-electron chi connectivity index (χ4n) is 1.34. The van der Waals surface area contributed by atoms with Crippen LogP contribution in [0.5, 0.6) is 0 Å². The Morgan fingerprint density at radius 1 is 1.80 bits per heavy atom. The quantitative estimate of drug-likeness (QED) is 0.489. The molecular weight excluding hydrogens is 132 g/mol. The highest BCUT2D eigenvalue weighted by atomic mass is 16.4. The van der Waals surface area contributed by atoms with Gasteiger partial charge in [-0.1, -0.05) is 0 Å². The van der Waals surface area contributed by atoms with Crippen molar-refractivity contribution in [2.75, 3.05) is 0 Å². The zero-order chi connectivity index (χ0) is 7.78. The summed E-state index contributed by atoms with van der Waals surface area (Å²) in [5, 5.41) is 10.6. The van der Waals surface area contributed by atoms with Gasteiger partial charge < -0.3 is 16.2 Å². The Morgan fingerprint density at radius 3 is 2.60 bits per heavy atom. The first-order valence-corrected chi connectivity index (χ1v) is 3.28. The second-order valence-electron chi connectivity index (χ2n) is 3.21. The average Bonchev–Trinajstić information content (AvgIpc) is 1.57. The molecule has 1 saturated carbocycles. The van der Waals surface area contributed by atoms with Gasteiger partial charge in [-0.3, -0.25) is 0 Å². The van der Waals surface area contributed by atoms with E-state index in [1.165, 1.54) is 0 Å². The molecule has 0 radical (unpaired) electrons. The van der Waals surface area contributed by atoms with Crippen LogP contribution in [0.4, 0.5) is 4.79 Å². The molecule has 1 aliphatic carbocycles. The Kier molecular flexibility index (Phi) is 1.56. The molecule has 1 fully saturated rings. The molecule has 0 heterocycles. The predicted octanol–water partition coefficient (Wildman–Crippen LogP) is 0.134. The van der Waals surface area contributed by atoms with Gasteiger partial charge in [-0.15, -0.1) is 0 Å². The largest absolute Gasteiger partial charge is 0.465 e. The minimum Gasteiger partial charge on any atom is -0.465 e. The van der Waals surface area contributed by atoms with Gasteiger partial charge in [0.2, 0.25) is 0 Å². The van der Waals surface area contributed by atoms with Gasteiger partial charge in [0.1, 0.15) is 0 Å². The topological polar surface area (TPSA) is 75.3 Å². The van der Waals surface area contributed by atoms with E-state index in [2.05, 4.69) is 5.32 Å². The normalized spacial score (nSPS) is 38.4. The maximum absolute atomic E-state index is 10.1. The predicted molar refractivity (Wildman–Crippen MR) is 36.8 cm³/mol. The molecule has 0 aromatic heterocycles. The number of rotatable bonds is 1. The first-order valence-electron chi connectivity index (χ1n) is 3.28. The Hall–Kier alpha value is -0.770. The SMILES string of the molecule is C[C@]1(N)C[C@@H](NC(=O)O)C1. The molecule has 10 heavy (non-hydrogen) atoms. The van der Waals surface area contributed by atoms with Crippen LogP contribution in [0.3, 0.4) is 0 Å². The smallest absolute Gasteiger partial charge is 0.404 e. The highest BCUT2D eigenvalue weighted by Crippen LogP contribution is 2.28. The molecule has 0 saturated heterocycles. The van der Waals surface area contributed by atoms with Crippen LogP contribution in [-0.4, -0.2) is 22.8 Å².